The van der Waals surface area contributed by atoms with Gasteiger partial charge in [0.25, 0.3) is 11.6 Å². The van der Waals surface area contributed by atoms with Crippen LogP contribution in [-0.2, 0) is 14.3 Å². The van der Waals surface area contributed by atoms with Crippen LogP contribution in [0.15, 0.2) is 24.3 Å². The van der Waals surface area contributed by atoms with Crippen LogP contribution in [0.5, 0.6) is 5.75 Å². The second kappa shape index (κ2) is 7.80. The van der Waals surface area contributed by atoms with E-state index in [9.17, 15) is 19.7 Å². The molecule has 2 N–H and O–H groups in total. The first-order valence-corrected chi connectivity index (χ1v) is 5.82. The van der Waals surface area contributed by atoms with Crippen molar-refractivity contribution in [2.45, 2.75) is 6.04 Å². The van der Waals surface area contributed by atoms with Gasteiger partial charge in [-0.2, -0.15) is 0 Å². The van der Waals surface area contributed by atoms with Crippen LogP contribution >= 0.6 is 0 Å². The number of carboxylic acids is 1. The molecule has 114 valence electrons. The maximum absolute atomic E-state index is 11.5. The van der Waals surface area contributed by atoms with Crippen molar-refractivity contribution in [1.29, 1.82) is 0 Å². The third-order valence-electron chi connectivity index (χ3n) is 2.37. The topological polar surface area (TPSA) is 128 Å². The monoisotopic (exact) mass is 298 g/mol. The van der Waals surface area contributed by atoms with E-state index in [0.717, 1.165) is 6.07 Å². The number of aliphatic carboxylic acids is 1. The van der Waals surface area contributed by atoms with Gasteiger partial charge in [0.2, 0.25) is 0 Å². The Kier molecular flexibility index (Phi) is 6.08. The van der Waals surface area contributed by atoms with Gasteiger partial charge < -0.3 is 19.9 Å². The molecular weight excluding hydrogens is 284 g/mol. The largest absolute Gasteiger partial charge is 0.484 e. The molecule has 0 bridgehead atoms. The van der Waals surface area contributed by atoms with Crippen molar-refractivity contribution in [3.63, 3.8) is 0 Å². The molecule has 1 atom stereocenters. The SMILES string of the molecule is COCC(NC(=O)COc1cccc([N+](=O)[O-])c1)C(=O)O. The van der Waals surface area contributed by atoms with Crippen LogP contribution in [0.4, 0.5) is 5.69 Å². The summed E-state index contributed by atoms with van der Waals surface area (Å²) in [7, 11) is 1.31. The van der Waals surface area contributed by atoms with Crippen LogP contribution in [0, 0.1) is 10.1 Å². The summed E-state index contributed by atoms with van der Waals surface area (Å²) in [5.41, 5.74) is -0.171. The number of hydrogen-bond acceptors (Lipinski definition) is 6. The molecule has 0 spiro atoms. The highest BCUT2D eigenvalue weighted by Crippen LogP contribution is 2.18. The Morgan fingerprint density at radius 1 is 1.48 bits per heavy atom. The molecule has 9 nitrogen and oxygen atoms in total. The molecule has 1 rings (SSSR count). The fraction of sp³-hybridized carbons (Fsp3) is 0.333. The quantitative estimate of drug-likeness (QED) is 0.517. The fourth-order valence-electron chi connectivity index (χ4n) is 1.41. The molecular formula is C12H14N2O7. The van der Waals surface area contributed by atoms with Crippen LogP contribution in [0.2, 0.25) is 0 Å². The third kappa shape index (κ3) is 5.45. The van der Waals surface area contributed by atoms with E-state index in [0.29, 0.717) is 0 Å². The molecule has 0 aliphatic heterocycles. The Morgan fingerprint density at radius 2 is 2.19 bits per heavy atom. The van der Waals surface area contributed by atoms with Gasteiger partial charge in [0.15, 0.2) is 12.6 Å². The summed E-state index contributed by atoms with van der Waals surface area (Å²) in [4.78, 5) is 32.3. The highest BCUT2D eigenvalue weighted by atomic mass is 16.6. The number of benzene rings is 1. The number of non-ortho nitro benzene ring substituents is 1. The number of nitro benzene ring substituents is 1. The number of nitrogens with zero attached hydrogens (tertiary/aromatic N) is 1. The average molecular weight is 298 g/mol. The van der Waals surface area contributed by atoms with E-state index in [2.05, 4.69) is 10.1 Å². The molecule has 0 saturated carbocycles. The minimum absolute atomic E-state index is 0.137. The molecule has 0 heterocycles. The van der Waals surface area contributed by atoms with Crippen molar-refractivity contribution in [3.8, 4) is 5.75 Å². The summed E-state index contributed by atoms with van der Waals surface area (Å²) >= 11 is 0. The van der Waals surface area contributed by atoms with Crippen molar-refractivity contribution in [2.75, 3.05) is 20.3 Å². The van der Waals surface area contributed by atoms with Crippen LogP contribution in [0.1, 0.15) is 0 Å². The Balaban J connectivity index is 2.54. The lowest BCUT2D eigenvalue weighted by molar-refractivity contribution is -0.384. The number of nitro groups is 1. The van der Waals surface area contributed by atoms with Gasteiger partial charge >= 0.3 is 5.97 Å². The van der Waals surface area contributed by atoms with Crippen LogP contribution in [-0.4, -0.2) is 48.3 Å². The molecule has 0 fully saturated rings. The van der Waals surface area contributed by atoms with Gasteiger partial charge in [-0.15, -0.1) is 0 Å². The molecule has 0 radical (unpaired) electrons. The number of ether oxygens (including phenoxy) is 2. The molecule has 9 heteroatoms. The first kappa shape index (κ1) is 16.4. The molecule has 21 heavy (non-hydrogen) atoms. The minimum Gasteiger partial charge on any atom is -0.484 e. The van der Waals surface area contributed by atoms with E-state index >= 15 is 0 Å². The first-order valence-electron chi connectivity index (χ1n) is 5.82. The Morgan fingerprint density at radius 3 is 2.76 bits per heavy atom. The number of carbonyl (C=O) groups excluding carboxylic acids is 1. The standard InChI is InChI=1S/C12H14N2O7/c1-20-6-10(12(16)17)13-11(15)7-21-9-4-2-3-8(5-9)14(18)19/h2-5,10H,6-7H2,1H3,(H,13,15)(H,16,17). The zero-order valence-corrected chi connectivity index (χ0v) is 11.1. The van der Waals surface area contributed by atoms with Gasteiger partial charge in [-0.3, -0.25) is 14.9 Å². The summed E-state index contributed by atoms with van der Waals surface area (Å²) in [6.07, 6.45) is 0. The van der Waals surface area contributed by atoms with Crippen LogP contribution < -0.4 is 10.1 Å². The number of carbonyl (C=O) groups is 2. The van der Waals surface area contributed by atoms with E-state index in [1.807, 2.05) is 0 Å². The summed E-state index contributed by atoms with van der Waals surface area (Å²) in [6, 6.07) is 4.13. The van der Waals surface area contributed by atoms with E-state index in [4.69, 9.17) is 9.84 Å². The zero-order chi connectivity index (χ0) is 15.8. The summed E-state index contributed by atoms with van der Waals surface area (Å²) in [5, 5.41) is 21.6. The molecule has 1 aromatic carbocycles. The maximum atomic E-state index is 11.5. The van der Waals surface area contributed by atoms with Crippen molar-refractivity contribution >= 4 is 17.6 Å². The van der Waals surface area contributed by atoms with E-state index < -0.39 is 29.4 Å². The zero-order valence-electron chi connectivity index (χ0n) is 11.1. The predicted molar refractivity (Wildman–Crippen MR) is 70.0 cm³/mol. The van der Waals surface area contributed by atoms with E-state index in [-0.39, 0.29) is 18.0 Å². The van der Waals surface area contributed by atoms with Crippen molar-refractivity contribution in [1.82, 2.24) is 5.32 Å². The van der Waals surface area contributed by atoms with Crippen LogP contribution in [0.25, 0.3) is 0 Å². The lowest BCUT2D eigenvalue weighted by Crippen LogP contribution is -2.45. The molecule has 1 amide bonds. The average Bonchev–Trinajstić information content (AvgIpc) is 2.45. The van der Waals surface area contributed by atoms with Crippen molar-refractivity contribution < 1.29 is 29.1 Å². The first-order chi connectivity index (χ1) is 9.93. The molecule has 1 aromatic rings. The fourth-order valence-corrected chi connectivity index (χ4v) is 1.41. The molecule has 0 saturated heterocycles. The van der Waals surface area contributed by atoms with Crippen LogP contribution in [0.3, 0.4) is 0 Å². The van der Waals surface area contributed by atoms with Gasteiger partial charge in [0, 0.05) is 13.2 Å². The minimum atomic E-state index is -1.24. The number of rotatable bonds is 8. The number of methoxy groups -OCH3 is 1. The number of amides is 1. The summed E-state index contributed by atoms with van der Waals surface area (Å²) in [5.74, 6) is -1.77. The Hall–Kier alpha value is -2.68. The molecule has 0 aromatic heterocycles. The normalized spacial score (nSPS) is 11.5. The summed E-state index contributed by atoms with van der Waals surface area (Å²) < 4.78 is 9.73. The second-order valence-electron chi connectivity index (χ2n) is 3.96. The van der Waals surface area contributed by atoms with Crippen molar-refractivity contribution in [2.24, 2.45) is 0 Å². The van der Waals surface area contributed by atoms with Gasteiger partial charge in [0.1, 0.15) is 5.75 Å². The second-order valence-corrected chi connectivity index (χ2v) is 3.96. The Bertz CT molecular complexity index is 532. The van der Waals surface area contributed by atoms with E-state index in [1.54, 1.807) is 0 Å². The third-order valence-corrected chi connectivity index (χ3v) is 2.37. The predicted octanol–water partition coefficient (Wildman–Crippen LogP) is 0.189. The Labute approximate surface area is 119 Å². The number of carboxylic acid groups (broad SMARTS) is 1. The number of hydrogen-bond donors (Lipinski definition) is 2. The highest BCUT2D eigenvalue weighted by molar-refractivity contribution is 5.84. The van der Waals surface area contributed by atoms with Gasteiger partial charge in [0.05, 0.1) is 17.6 Å². The van der Waals surface area contributed by atoms with Gasteiger partial charge in [-0.05, 0) is 6.07 Å². The highest BCUT2D eigenvalue weighted by Gasteiger charge is 2.19. The van der Waals surface area contributed by atoms with Crippen molar-refractivity contribution in [3.05, 3.63) is 34.4 Å². The van der Waals surface area contributed by atoms with Gasteiger partial charge in [-0.25, -0.2) is 4.79 Å². The molecule has 1 unspecified atom stereocenters. The smallest absolute Gasteiger partial charge is 0.328 e. The number of nitrogens with one attached hydrogen (secondary N) is 1. The van der Waals surface area contributed by atoms with Gasteiger partial charge in [-0.1, -0.05) is 6.07 Å². The van der Waals surface area contributed by atoms with E-state index in [1.165, 1.54) is 25.3 Å². The molecule has 0 aliphatic rings. The maximum Gasteiger partial charge on any atom is 0.328 e. The lowest BCUT2D eigenvalue weighted by Gasteiger charge is -2.13. The summed E-state index contributed by atoms with van der Waals surface area (Å²) in [6.45, 7) is -0.646. The lowest BCUT2D eigenvalue weighted by atomic mass is 10.3. The molecule has 0 aliphatic carbocycles.